The first-order valence-electron chi connectivity index (χ1n) is 11.9. The van der Waals surface area contributed by atoms with Crippen LogP contribution in [0.5, 0.6) is 0 Å². The molecule has 10 heteroatoms. The second-order valence-electron chi connectivity index (χ2n) is 10.1. The number of nitrogens with zero attached hydrogens (tertiary/aromatic N) is 6. The largest absolute Gasteiger partial charge is 0.338 e. The fourth-order valence-corrected chi connectivity index (χ4v) is 4.17. The highest BCUT2D eigenvalue weighted by atomic mass is 16.2. The van der Waals surface area contributed by atoms with Gasteiger partial charge in [-0.2, -0.15) is 5.10 Å². The lowest BCUT2D eigenvalue weighted by atomic mass is 9.95. The first-order chi connectivity index (χ1) is 17.8. The van der Waals surface area contributed by atoms with Crippen LogP contribution in [-0.4, -0.2) is 45.6 Å². The second kappa shape index (κ2) is 8.37. The van der Waals surface area contributed by atoms with Crippen LogP contribution >= 0.6 is 0 Å². The third-order valence-corrected chi connectivity index (χ3v) is 6.17. The number of H-pyrrole nitrogens is 2. The van der Waals surface area contributed by atoms with Crippen LogP contribution < -0.4 is 5.32 Å². The summed E-state index contributed by atoms with van der Waals surface area (Å²) >= 11 is 0. The van der Waals surface area contributed by atoms with Crippen LogP contribution in [0.15, 0.2) is 61.6 Å². The number of aryl methyl sites for hydroxylation is 1. The summed E-state index contributed by atoms with van der Waals surface area (Å²) < 4.78 is 1.99. The molecular weight excluding hydrogens is 466 g/mol. The molecule has 0 atom stereocenters. The predicted molar refractivity (Wildman–Crippen MR) is 142 cm³/mol. The van der Waals surface area contributed by atoms with E-state index in [1.165, 1.54) is 0 Å². The number of hydrogen-bond donors (Lipinski definition) is 3. The average molecular weight is 492 g/mol. The van der Waals surface area contributed by atoms with Gasteiger partial charge in [-0.3, -0.25) is 19.9 Å². The number of aromatic nitrogens is 8. The topological polar surface area (TPSA) is 130 Å². The lowest BCUT2D eigenvalue weighted by Gasteiger charge is -2.17. The molecule has 0 aliphatic carbocycles. The predicted octanol–water partition coefficient (Wildman–Crippen LogP) is 5.04. The Labute approximate surface area is 212 Å². The Kier molecular flexibility index (Phi) is 5.11. The summed E-state index contributed by atoms with van der Waals surface area (Å²) in [6.45, 7) is 7.57. The van der Waals surface area contributed by atoms with Crippen molar-refractivity contribution in [3.05, 3.63) is 67.3 Å². The van der Waals surface area contributed by atoms with E-state index in [2.05, 4.69) is 40.4 Å². The number of carbonyl (C=O) groups is 1. The highest BCUT2D eigenvalue weighted by Crippen LogP contribution is 2.32. The van der Waals surface area contributed by atoms with Crippen molar-refractivity contribution in [3.63, 3.8) is 0 Å². The first kappa shape index (κ1) is 22.6. The van der Waals surface area contributed by atoms with E-state index in [1.54, 1.807) is 31.1 Å². The lowest BCUT2D eigenvalue weighted by molar-refractivity contribution is -0.123. The van der Waals surface area contributed by atoms with E-state index in [4.69, 9.17) is 0 Å². The summed E-state index contributed by atoms with van der Waals surface area (Å²) in [7, 11) is 0. The molecule has 0 saturated heterocycles. The Balaban J connectivity index is 1.40. The smallest absolute Gasteiger partial charge is 0.229 e. The molecule has 184 valence electrons. The van der Waals surface area contributed by atoms with Gasteiger partial charge in [0.15, 0.2) is 0 Å². The molecule has 37 heavy (non-hydrogen) atoms. The number of rotatable bonds is 4. The molecule has 10 nitrogen and oxygen atoms in total. The van der Waals surface area contributed by atoms with Crippen molar-refractivity contribution in [1.82, 2.24) is 39.7 Å². The van der Waals surface area contributed by atoms with Gasteiger partial charge in [-0.1, -0.05) is 20.8 Å². The minimum Gasteiger partial charge on any atom is -0.338 e. The van der Waals surface area contributed by atoms with Crippen molar-refractivity contribution >= 4 is 33.5 Å². The molecule has 6 rings (SSSR count). The molecule has 0 spiro atoms. The van der Waals surface area contributed by atoms with E-state index in [-0.39, 0.29) is 5.91 Å². The molecule has 0 aliphatic heterocycles. The summed E-state index contributed by atoms with van der Waals surface area (Å²) in [5, 5.41) is 12.4. The van der Waals surface area contributed by atoms with Crippen LogP contribution in [0.4, 0.5) is 5.69 Å². The summed E-state index contributed by atoms with van der Waals surface area (Å²) in [6, 6.07) is 7.85. The van der Waals surface area contributed by atoms with E-state index in [0.29, 0.717) is 5.69 Å². The molecule has 6 heterocycles. The summed E-state index contributed by atoms with van der Waals surface area (Å²) in [5.41, 5.74) is 6.70. The third kappa shape index (κ3) is 4.12. The van der Waals surface area contributed by atoms with Gasteiger partial charge >= 0.3 is 0 Å². The fourth-order valence-electron chi connectivity index (χ4n) is 4.17. The van der Waals surface area contributed by atoms with E-state index in [9.17, 15) is 4.79 Å². The maximum absolute atomic E-state index is 12.4. The van der Waals surface area contributed by atoms with Gasteiger partial charge in [0, 0.05) is 40.3 Å². The number of nitrogens with one attached hydrogen (secondary N) is 3. The number of hydrogen-bond acceptors (Lipinski definition) is 6. The molecular formula is C27H25N9O. The van der Waals surface area contributed by atoms with Crippen molar-refractivity contribution in [2.45, 2.75) is 27.7 Å². The second-order valence-corrected chi connectivity index (χ2v) is 10.1. The molecule has 3 N–H and O–H groups in total. The molecule has 0 bridgehead atoms. The number of carbonyl (C=O) groups excluding carboxylic acids is 1. The SMILES string of the molecule is Cc1cn(-c2ccnc3[nH]c(-c4n[nH]c5cnc(-c6cncc(NC(=O)C(C)(C)C)c6)cc45)cc23)cn1. The standard InChI is InChI=1S/C27H25N9O/c1-15-13-36(14-31-15)23-5-6-29-25-19(23)9-21(33-25)24-18-8-20(30-12-22(18)34-35-24)16-7-17(11-28-10-16)32-26(37)27(2,3)4/h5-14H,1-4H3,(H,29,33)(H,32,37)(H,34,35). The van der Waals surface area contributed by atoms with Gasteiger partial charge in [0.25, 0.3) is 0 Å². The zero-order chi connectivity index (χ0) is 25.7. The highest BCUT2D eigenvalue weighted by Gasteiger charge is 2.21. The number of anilines is 1. The van der Waals surface area contributed by atoms with E-state index in [0.717, 1.165) is 56.0 Å². The molecule has 6 aromatic rings. The van der Waals surface area contributed by atoms with Crippen LogP contribution in [0.1, 0.15) is 26.5 Å². The molecule has 0 radical (unpaired) electrons. The normalized spacial score (nSPS) is 11.9. The monoisotopic (exact) mass is 491 g/mol. The van der Waals surface area contributed by atoms with Crippen LogP contribution in [-0.2, 0) is 4.79 Å². The quantitative estimate of drug-likeness (QED) is 0.317. The summed E-state index contributed by atoms with van der Waals surface area (Å²) in [6.07, 6.45) is 10.7. The van der Waals surface area contributed by atoms with Gasteiger partial charge in [0.1, 0.15) is 11.3 Å². The van der Waals surface area contributed by atoms with Gasteiger partial charge in [-0.05, 0) is 31.2 Å². The zero-order valence-electron chi connectivity index (χ0n) is 20.9. The number of fused-ring (bicyclic) bond motifs is 2. The highest BCUT2D eigenvalue weighted by molar-refractivity contribution is 5.98. The minimum atomic E-state index is -0.510. The third-order valence-electron chi connectivity index (χ3n) is 6.17. The summed E-state index contributed by atoms with van der Waals surface area (Å²) in [4.78, 5) is 33.6. The molecule has 6 aromatic heterocycles. The van der Waals surface area contributed by atoms with Gasteiger partial charge in [-0.25, -0.2) is 9.97 Å². The maximum atomic E-state index is 12.4. The number of aromatic amines is 2. The maximum Gasteiger partial charge on any atom is 0.229 e. The van der Waals surface area contributed by atoms with E-state index >= 15 is 0 Å². The van der Waals surface area contributed by atoms with Crippen LogP contribution in [0, 0.1) is 12.3 Å². The van der Waals surface area contributed by atoms with E-state index < -0.39 is 5.41 Å². The molecule has 0 aliphatic rings. The first-order valence-corrected chi connectivity index (χ1v) is 11.9. The summed E-state index contributed by atoms with van der Waals surface area (Å²) in [5.74, 6) is -0.0791. The van der Waals surface area contributed by atoms with Gasteiger partial charge in [0.05, 0.1) is 52.7 Å². The Morgan fingerprint density at radius 1 is 1.03 bits per heavy atom. The van der Waals surface area contributed by atoms with E-state index in [1.807, 2.05) is 62.7 Å². The molecule has 0 fully saturated rings. The van der Waals surface area contributed by atoms with Gasteiger partial charge in [-0.15, -0.1) is 0 Å². The molecule has 1 amide bonds. The van der Waals surface area contributed by atoms with Gasteiger partial charge in [0.2, 0.25) is 5.91 Å². The van der Waals surface area contributed by atoms with Crippen LogP contribution in [0.3, 0.4) is 0 Å². The minimum absolute atomic E-state index is 0.0791. The Morgan fingerprint density at radius 2 is 1.89 bits per heavy atom. The Hall–Kier alpha value is -4.86. The number of imidazole rings is 1. The van der Waals surface area contributed by atoms with Crippen molar-refractivity contribution in [1.29, 1.82) is 0 Å². The molecule has 0 unspecified atom stereocenters. The van der Waals surface area contributed by atoms with Crippen LogP contribution in [0.25, 0.3) is 50.3 Å². The Morgan fingerprint density at radius 3 is 2.68 bits per heavy atom. The van der Waals surface area contributed by atoms with Crippen molar-refractivity contribution in [3.8, 4) is 28.3 Å². The zero-order valence-corrected chi connectivity index (χ0v) is 20.9. The van der Waals surface area contributed by atoms with Crippen LogP contribution in [0.2, 0.25) is 0 Å². The van der Waals surface area contributed by atoms with Crippen molar-refractivity contribution in [2.24, 2.45) is 5.41 Å². The lowest BCUT2D eigenvalue weighted by Crippen LogP contribution is -2.27. The van der Waals surface area contributed by atoms with Gasteiger partial charge < -0.3 is 14.9 Å². The van der Waals surface area contributed by atoms with Crippen molar-refractivity contribution in [2.75, 3.05) is 5.32 Å². The fraction of sp³-hybridized carbons (Fsp3) is 0.185. The Bertz CT molecular complexity index is 1780. The number of pyridine rings is 3. The average Bonchev–Trinajstić information content (AvgIpc) is 3.60. The van der Waals surface area contributed by atoms with Crippen molar-refractivity contribution < 1.29 is 4.79 Å². The number of amides is 1. The molecule has 0 aromatic carbocycles. The molecule has 0 saturated carbocycles.